The summed E-state index contributed by atoms with van der Waals surface area (Å²) < 4.78 is 18.5. The summed E-state index contributed by atoms with van der Waals surface area (Å²) in [5.74, 6) is 0.267. The van der Waals surface area contributed by atoms with E-state index in [1.807, 2.05) is 6.92 Å². The van der Waals surface area contributed by atoms with E-state index in [0.717, 1.165) is 11.1 Å². The molecule has 3 nitrogen and oxygen atoms in total. The fourth-order valence-corrected chi connectivity index (χ4v) is 1.83. The first-order valence-corrected chi connectivity index (χ1v) is 5.17. The Morgan fingerprint density at radius 3 is 2.71 bits per heavy atom. The second-order valence-electron chi connectivity index (χ2n) is 3.77. The van der Waals surface area contributed by atoms with Crippen molar-refractivity contribution in [2.24, 2.45) is 0 Å². The van der Waals surface area contributed by atoms with E-state index in [1.165, 1.54) is 12.1 Å². The van der Waals surface area contributed by atoms with Crippen molar-refractivity contribution in [3.8, 4) is 16.9 Å². The minimum atomic E-state index is -0.323. The van der Waals surface area contributed by atoms with E-state index in [9.17, 15) is 4.39 Å². The lowest BCUT2D eigenvalue weighted by molar-refractivity contribution is 0.415. The number of hydrogen-bond acceptors (Lipinski definition) is 3. The van der Waals surface area contributed by atoms with Gasteiger partial charge < -0.3 is 10.5 Å². The molecule has 2 N–H and O–H groups in total. The largest absolute Gasteiger partial charge is 0.496 e. The molecule has 0 bridgehead atoms. The van der Waals surface area contributed by atoms with Crippen LogP contribution in [0.5, 0.6) is 5.75 Å². The maximum Gasteiger partial charge on any atom is 0.126 e. The number of methoxy groups -OCH3 is 1. The zero-order valence-electron chi connectivity index (χ0n) is 9.70. The summed E-state index contributed by atoms with van der Waals surface area (Å²) in [5, 5.41) is 0. The molecule has 88 valence electrons. The molecule has 0 atom stereocenters. The van der Waals surface area contributed by atoms with E-state index in [4.69, 9.17) is 10.5 Å². The van der Waals surface area contributed by atoms with Crippen molar-refractivity contribution in [2.45, 2.75) is 6.92 Å². The number of benzene rings is 1. The van der Waals surface area contributed by atoms with Gasteiger partial charge in [0.05, 0.1) is 19.0 Å². The van der Waals surface area contributed by atoms with E-state index in [1.54, 1.807) is 25.6 Å². The molecule has 2 rings (SSSR count). The number of nitrogens with two attached hydrogens (primary N) is 1. The summed E-state index contributed by atoms with van der Waals surface area (Å²) in [6.45, 7) is 1.88. The molecule has 0 aliphatic heterocycles. The fourth-order valence-electron chi connectivity index (χ4n) is 1.83. The molecule has 4 heteroatoms. The molecule has 17 heavy (non-hydrogen) atoms. The Kier molecular flexibility index (Phi) is 2.95. The van der Waals surface area contributed by atoms with Crippen LogP contribution in [0, 0.1) is 12.7 Å². The number of anilines is 1. The van der Waals surface area contributed by atoms with Crippen molar-refractivity contribution in [3.63, 3.8) is 0 Å². The number of nitrogens with zero attached hydrogens (tertiary/aromatic N) is 1. The fraction of sp³-hybridized carbons (Fsp3) is 0.154. The Hall–Kier alpha value is -2.10. The van der Waals surface area contributed by atoms with Crippen molar-refractivity contribution >= 4 is 5.69 Å². The van der Waals surface area contributed by atoms with Gasteiger partial charge in [-0.25, -0.2) is 4.39 Å². The smallest absolute Gasteiger partial charge is 0.126 e. The maximum absolute atomic E-state index is 13.3. The molecule has 0 aliphatic carbocycles. The molecular weight excluding hydrogens is 219 g/mol. The number of pyridine rings is 1. The van der Waals surface area contributed by atoms with Crippen LogP contribution in [0.4, 0.5) is 10.1 Å². The Bertz CT molecular complexity index is 535. The van der Waals surface area contributed by atoms with Crippen LogP contribution in [0.2, 0.25) is 0 Å². The van der Waals surface area contributed by atoms with Crippen molar-refractivity contribution < 1.29 is 9.13 Å². The van der Waals surface area contributed by atoms with E-state index >= 15 is 0 Å². The third-order valence-electron chi connectivity index (χ3n) is 2.60. The average Bonchev–Trinajstić information content (AvgIpc) is 2.29. The van der Waals surface area contributed by atoms with Gasteiger partial charge in [0, 0.05) is 17.3 Å². The van der Waals surface area contributed by atoms with Gasteiger partial charge in [0.15, 0.2) is 0 Å². The van der Waals surface area contributed by atoms with Gasteiger partial charge in [0.25, 0.3) is 0 Å². The molecule has 0 saturated heterocycles. The normalized spacial score (nSPS) is 10.3. The number of aromatic nitrogens is 1. The Morgan fingerprint density at radius 2 is 2.06 bits per heavy atom. The number of ether oxygens (including phenoxy) is 1. The number of hydrogen-bond donors (Lipinski definition) is 1. The number of halogens is 1. The quantitative estimate of drug-likeness (QED) is 0.866. The van der Waals surface area contributed by atoms with Gasteiger partial charge in [-0.1, -0.05) is 0 Å². The number of aryl methyl sites for hydroxylation is 1. The lowest BCUT2D eigenvalue weighted by atomic mass is 10.00. The van der Waals surface area contributed by atoms with Crippen LogP contribution in [-0.2, 0) is 0 Å². The highest BCUT2D eigenvalue weighted by Crippen LogP contribution is 2.35. The Morgan fingerprint density at radius 1 is 1.29 bits per heavy atom. The molecule has 0 amide bonds. The van der Waals surface area contributed by atoms with Gasteiger partial charge in [-0.05, 0) is 30.7 Å². The van der Waals surface area contributed by atoms with Crippen LogP contribution in [0.25, 0.3) is 11.1 Å². The molecule has 1 aromatic heterocycles. The SMILES string of the molecule is COc1ccc(F)cc1-c1c(C)cncc1N. The first-order chi connectivity index (χ1) is 8.13. The van der Waals surface area contributed by atoms with Crippen molar-refractivity contribution in [3.05, 3.63) is 42.0 Å². The first-order valence-electron chi connectivity index (χ1n) is 5.17. The highest BCUT2D eigenvalue weighted by atomic mass is 19.1. The Balaban J connectivity index is 2.71. The van der Waals surface area contributed by atoms with E-state index in [-0.39, 0.29) is 5.82 Å². The van der Waals surface area contributed by atoms with Crippen LogP contribution >= 0.6 is 0 Å². The van der Waals surface area contributed by atoms with E-state index in [0.29, 0.717) is 17.0 Å². The second-order valence-corrected chi connectivity index (χ2v) is 3.77. The van der Waals surface area contributed by atoms with E-state index < -0.39 is 0 Å². The average molecular weight is 232 g/mol. The predicted molar refractivity (Wildman–Crippen MR) is 65.3 cm³/mol. The second kappa shape index (κ2) is 4.41. The molecule has 0 aliphatic rings. The monoisotopic (exact) mass is 232 g/mol. The first kappa shape index (κ1) is 11.4. The van der Waals surface area contributed by atoms with E-state index in [2.05, 4.69) is 4.98 Å². The van der Waals surface area contributed by atoms with Crippen molar-refractivity contribution in [1.82, 2.24) is 4.98 Å². The van der Waals surface area contributed by atoms with Gasteiger partial charge in [-0.15, -0.1) is 0 Å². The summed E-state index contributed by atoms with van der Waals surface area (Å²) in [6.07, 6.45) is 3.24. The predicted octanol–water partition coefficient (Wildman–Crippen LogP) is 2.79. The highest BCUT2D eigenvalue weighted by Gasteiger charge is 2.12. The van der Waals surface area contributed by atoms with Crippen molar-refractivity contribution in [1.29, 1.82) is 0 Å². The zero-order valence-corrected chi connectivity index (χ0v) is 9.70. The number of rotatable bonds is 2. The van der Waals surface area contributed by atoms with Crippen LogP contribution < -0.4 is 10.5 Å². The lowest BCUT2D eigenvalue weighted by Gasteiger charge is -2.13. The number of nitrogen functional groups attached to an aromatic ring is 1. The summed E-state index contributed by atoms with van der Waals surface area (Å²) >= 11 is 0. The lowest BCUT2D eigenvalue weighted by Crippen LogP contribution is -1.97. The van der Waals surface area contributed by atoms with Gasteiger partial charge in [-0.2, -0.15) is 0 Å². The van der Waals surface area contributed by atoms with Crippen LogP contribution in [0.15, 0.2) is 30.6 Å². The highest BCUT2D eigenvalue weighted by molar-refractivity contribution is 5.82. The minimum Gasteiger partial charge on any atom is -0.496 e. The molecular formula is C13H13FN2O. The molecule has 0 unspecified atom stereocenters. The third-order valence-corrected chi connectivity index (χ3v) is 2.60. The van der Waals surface area contributed by atoms with Crippen LogP contribution in [-0.4, -0.2) is 12.1 Å². The van der Waals surface area contributed by atoms with Crippen LogP contribution in [0.3, 0.4) is 0 Å². The summed E-state index contributed by atoms with van der Waals surface area (Å²) in [5.41, 5.74) is 8.68. The molecule has 0 fully saturated rings. The van der Waals surface area contributed by atoms with Gasteiger partial charge in [-0.3, -0.25) is 4.98 Å². The van der Waals surface area contributed by atoms with Crippen molar-refractivity contribution in [2.75, 3.05) is 12.8 Å². The molecule has 1 aromatic carbocycles. The summed E-state index contributed by atoms with van der Waals surface area (Å²) in [7, 11) is 1.55. The van der Waals surface area contributed by atoms with Gasteiger partial charge in [0.1, 0.15) is 11.6 Å². The van der Waals surface area contributed by atoms with Gasteiger partial charge >= 0.3 is 0 Å². The maximum atomic E-state index is 13.3. The minimum absolute atomic E-state index is 0.323. The zero-order chi connectivity index (χ0) is 12.4. The molecule has 1 heterocycles. The van der Waals surface area contributed by atoms with Gasteiger partial charge in [0.2, 0.25) is 0 Å². The third kappa shape index (κ3) is 2.06. The molecule has 0 radical (unpaired) electrons. The standard InChI is InChI=1S/C13H13FN2O/c1-8-6-16-7-11(15)13(8)10-5-9(14)3-4-12(10)17-2/h3-7H,15H2,1-2H3. The molecule has 0 spiro atoms. The molecule has 2 aromatic rings. The molecule has 0 saturated carbocycles. The summed E-state index contributed by atoms with van der Waals surface area (Å²) in [6, 6.07) is 4.36. The topological polar surface area (TPSA) is 48.1 Å². The Labute approximate surface area is 99.1 Å². The van der Waals surface area contributed by atoms with Crippen LogP contribution in [0.1, 0.15) is 5.56 Å². The summed E-state index contributed by atoms with van der Waals surface area (Å²) in [4.78, 5) is 3.99.